The second kappa shape index (κ2) is 6.98. The van der Waals surface area contributed by atoms with Crippen LogP contribution < -0.4 is 11.0 Å². The maximum Gasteiger partial charge on any atom is 0.369 e. The van der Waals surface area contributed by atoms with E-state index < -0.39 is 5.69 Å². The second-order valence-corrected chi connectivity index (χ2v) is 6.43. The number of nitrogens with one attached hydrogen (secondary N) is 1. The molecule has 0 saturated heterocycles. The molecule has 3 aromatic rings. The van der Waals surface area contributed by atoms with Gasteiger partial charge in [0.2, 0.25) is 5.91 Å². The van der Waals surface area contributed by atoms with Crippen LogP contribution in [0.5, 0.6) is 0 Å². The van der Waals surface area contributed by atoms with Crippen molar-refractivity contribution in [2.45, 2.75) is 19.5 Å². The first-order valence-electron chi connectivity index (χ1n) is 7.17. The third-order valence-electron chi connectivity index (χ3n) is 3.40. The van der Waals surface area contributed by atoms with E-state index in [1.807, 2.05) is 36.6 Å². The topological polar surface area (TPSA) is 81.8 Å². The molecule has 0 radical (unpaired) electrons. The molecule has 1 aromatic carbocycles. The number of benzene rings is 1. The molecule has 7 nitrogen and oxygen atoms in total. The Morgan fingerprint density at radius 3 is 2.79 bits per heavy atom. The van der Waals surface area contributed by atoms with Crippen LogP contribution in [0.25, 0.3) is 5.00 Å². The molecule has 0 fully saturated rings. The molecule has 3 rings (SSSR count). The molecule has 0 spiro atoms. The van der Waals surface area contributed by atoms with Gasteiger partial charge in [0.25, 0.3) is 0 Å². The van der Waals surface area contributed by atoms with Gasteiger partial charge in [0.1, 0.15) is 11.5 Å². The van der Waals surface area contributed by atoms with Crippen LogP contribution in [-0.2, 0) is 11.3 Å². The van der Waals surface area contributed by atoms with E-state index in [2.05, 4.69) is 15.7 Å². The summed E-state index contributed by atoms with van der Waals surface area (Å²) in [7, 11) is 0. The molecule has 24 heavy (non-hydrogen) atoms. The predicted octanol–water partition coefficient (Wildman–Crippen LogP) is 2.02. The summed E-state index contributed by atoms with van der Waals surface area (Å²) in [6.45, 7) is 1.61. The Morgan fingerprint density at radius 2 is 2.08 bits per heavy atom. The van der Waals surface area contributed by atoms with E-state index in [1.165, 1.54) is 11.3 Å². The average molecular weight is 364 g/mol. The van der Waals surface area contributed by atoms with Gasteiger partial charge in [0.15, 0.2) is 0 Å². The maximum atomic E-state index is 12.2. The lowest BCUT2D eigenvalue weighted by molar-refractivity contribution is -0.122. The van der Waals surface area contributed by atoms with Crippen molar-refractivity contribution in [3.63, 3.8) is 0 Å². The minimum atomic E-state index is -0.460. The Labute approximate surface area is 146 Å². The lowest BCUT2D eigenvalue weighted by Crippen LogP contribution is -2.34. The number of aromatic nitrogens is 4. The summed E-state index contributed by atoms with van der Waals surface area (Å²) >= 11 is 7.48. The van der Waals surface area contributed by atoms with Crippen molar-refractivity contribution in [2.75, 3.05) is 0 Å². The standard InChI is InChI=1S/C15H14ClN5O2S/c1-10(11-5-2-3-6-12(11)16)17-13(22)9-20-15(23)21(19-18-20)14-7-4-8-24-14/h2-8,10H,9H2,1H3,(H,17,22). The highest BCUT2D eigenvalue weighted by molar-refractivity contribution is 7.12. The Morgan fingerprint density at radius 1 is 1.29 bits per heavy atom. The van der Waals surface area contributed by atoms with Gasteiger partial charge in [0, 0.05) is 5.02 Å². The largest absolute Gasteiger partial charge is 0.369 e. The number of carbonyl (C=O) groups excluding carboxylic acids is 1. The fraction of sp³-hybridized carbons (Fsp3) is 0.200. The molecular weight excluding hydrogens is 350 g/mol. The van der Waals surface area contributed by atoms with Gasteiger partial charge in [-0.3, -0.25) is 4.79 Å². The van der Waals surface area contributed by atoms with Crippen molar-refractivity contribution in [3.05, 3.63) is 62.8 Å². The van der Waals surface area contributed by atoms with Crippen LogP contribution in [-0.4, -0.2) is 25.7 Å². The van der Waals surface area contributed by atoms with E-state index in [9.17, 15) is 9.59 Å². The van der Waals surface area contributed by atoms with Gasteiger partial charge in [-0.15, -0.1) is 11.3 Å². The number of carbonyl (C=O) groups is 1. The number of hydrogen-bond acceptors (Lipinski definition) is 5. The van der Waals surface area contributed by atoms with Gasteiger partial charge in [-0.1, -0.05) is 29.8 Å². The van der Waals surface area contributed by atoms with Crippen molar-refractivity contribution in [3.8, 4) is 5.00 Å². The number of nitrogens with zero attached hydrogens (tertiary/aromatic N) is 4. The SMILES string of the molecule is CC(NC(=O)Cn1nnn(-c2cccs2)c1=O)c1ccccc1Cl. The van der Waals surface area contributed by atoms with E-state index >= 15 is 0 Å². The van der Waals surface area contributed by atoms with Gasteiger partial charge in [0.05, 0.1) is 6.04 Å². The molecule has 1 amide bonds. The molecule has 0 saturated carbocycles. The molecule has 1 atom stereocenters. The summed E-state index contributed by atoms with van der Waals surface area (Å²) in [6, 6.07) is 10.6. The van der Waals surface area contributed by atoms with Gasteiger partial charge >= 0.3 is 5.69 Å². The van der Waals surface area contributed by atoms with E-state index in [-0.39, 0.29) is 18.5 Å². The minimum absolute atomic E-state index is 0.209. The van der Waals surface area contributed by atoms with E-state index in [4.69, 9.17) is 11.6 Å². The average Bonchev–Trinajstić information content (AvgIpc) is 3.18. The maximum absolute atomic E-state index is 12.2. The lowest BCUT2D eigenvalue weighted by Gasteiger charge is -2.15. The van der Waals surface area contributed by atoms with Crippen LogP contribution in [0.2, 0.25) is 5.02 Å². The summed E-state index contributed by atoms with van der Waals surface area (Å²) in [5.74, 6) is -0.345. The smallest absolute Gasteiger partial charge is 0.348 e. The monoisotopic (exact) mass is 363 g/mol. The number of hydrogen-bond donors (Lipinski definition) is 1. The molecule has 2 heterocycles. The molecular formula is C15H14ClN5O2S. The first kappa shape index (κ1) is 16.4. The third-order valence-corrected chi connectivity index (χ3v) is 4.58. The van der Waals surface area contributed by atoms with E-state index in [0.717, 1.165) is 14.9 Å². The Hall–Kier alpha value is -2.45. The highest BCUT2D eigenvalue weighted by Crippen LogP contribution is 2.21. The number of tetrazole rings is 1. The molecule has 0 aliphatic carbocycles. The van der Waals surface area contributed by atoms with Crippen molar-refractivity contribution in [2.24, 2.45) is 0 Å². The molecule has 124 valence electrons. The highest BCUT2D eigenvalue weighted by atomic mass is 35.5. The molecule has 2 aromatic heterocycles. The fourth-order valence-corrected chi connectivity index (χ4v) is 3.20. The molecule has 1 unspecified atom stereocenters. The first-order chi connectivity index (χ1) is 11.6. The summed E-state index contributed by atoms with van der Waals surface area (Å²) in [5.41, 5.74) is 0.347. The Bertz CT molecular complexity index is 903. The van der Waals surface area contributed by atoms with Gasteiger partial charge in [-0.05, 0) is 46.5 Å². The second-order valence-electron chi connectivity index (χ2n) is 5.09. The van der Waals surface area contributed by atoms with Crippen LogP contribution in [0, 0.1) is 0 Å². The highest BCUT2D eigenvalue weighted by Gasteiger charge is 2.16. The van der Waals surface area contributed by atoms with Gasteiger partial charge < -0.3 is 5.32 Å². The van der Waals surface area contributed by atoms with Gasteiger partial charge in [-0.2, -0.15) is 9.36 Å². The minimum Gasteiger partial charge on any atom is -0.348 e. The number of thiophene rings is 1. The zero-order valence-electron chi connectivity index (χ0n) is 12.7. The zero-order chi connectivity index (χ0) is 17.1. The molecule has 0 aliphatic rings. The van der Waals surface area contributed by atoms with Crippen molar-refractivity contribution < 1.29 is 4.79 Å². The van der Waals surface area contributed by atoms with Crippen molar-refractivity contribution in [1.29, 1.82) is 0 Å². The van der Waals surface area contributed by atoms with Crippen LogP contribution in [0.15, 0.2) is 46.6 Å². The normalized spacial score (nSPS) is 12.1. The van der Waals surface area contributed by atoms with E-state index in [1.54, 1.807) is 12.1 Å². The van der Waals surface area contributed by atoms with Crippen LogP contribution >= 0.6 is 22.9 Å². The Balaban J connectivity index is 1.70. The van der Waals surface area contributed by atoms with Gasteiger partial charge in [-0.25, -0.2) is 4.79 Å². The summed E-state index contributed by atoms with van der Waals surface area (Å²) in [5, 5.41) is 13.4. The van der Waals surface area contributed by atoms with Crippen LogP contribution in [0.1, 0.15) is 18.5 Å². The van der Waals surface area contributed by atoms with Crippen LogP contribution in [0.4, 0.5) is 0 Å². The summed E-state index contributed by atoms with van der Waals surface area (Å²) in [6.07, 6.45) is 0. The number of rotatable bonds is 5. The number of halogens is 1. The molecule has 1 N–H and O–H groups in total. The third kappa shape index (κ3) is 3.39. The van der Waals surface area contributed by atoms with Crippen LogP contribution in [0.3, 0.4) is 0 Å². The fourth-order valence-electron chi connectivity index (χ4n) is 2.23. The Kier molecular flexibility index (Phi) is 4.77. The lowest BCUT2D eigenvalue weighted by atomic mass is 10.1. The quantitative estimate of drug-likeness (QED) is 0.751. The molecule has 0 bridgehead atoms. The zero-order valence-corrected chi connectivity index (χ0v) is 14.3. The van der Waals surface area contributed by atoms with Crippen molar-refractivity contribution >= 4 is 28.8 Å². The van der Waals surface area contributed by atoms with Crippen molar-refractivity contribution in [1.82, 2.24) is 25.1 Å². The predicted molar refractivity (Wildman–Crippen MR) is 91.5 cm³/mol. The van der Waals surface area contributed by atoms with E-state index in [0.29, 0.717) is 10.0 Å². The molecule has 9 heteroatoms. The molecule has 0 aliphatic heterocycles. The first-order valence-corrected chi connectivity index (χ1v) is 8.42. The number of amides is 1. The summed E-state index contributed by atoms with van der Waals surface area (Å²) < 4.78 is 2.18. The summed E-state index contributed by atoms with van der Waals surface area (Å²) in [4.78, 5) is 24.4.